The van der Waals surface area contributed by atoms with Gasteiger partial charge in [-0.15, -0.1) is 0 Å². The van der Waals surface area contributed by atoms with Crippen molar-refractivity contribution < 1.29 is 18.7 Å². The van der Waals surface area contributed by atoms with Crippen LogP contribution in [0.3, 0.4) is 0 Å². The van der Waals surface area contributed by atoms with Gasteiger partial charge < -0.3 is 9.15 Å². The number of nitrogens with zero attached hydrogens (tertiary/aromatic N) is 2. The SMILES string of the molecule is CCOC(=O)c1cc(C(=O)N/N=C/c2ccco2)c(C)nc1C. The molecule has 2 rings (SSSR count). The molecule has 0 bridgehead atoms. The van der Waals surface area contributed by atoms with Crippen molar-refractivity contribution in [2.45, 2.75) is 20.8 Å². The van der Waals surface area contributed by atoms with E-state index in [9.17, 15) is 9.59 Å². The second-order valence-electron chi connectivity index (χ2n) is 4.69. The fourth-order valence-corrected chi connectivity index (χ4v) is 1.95. The van der Waals surface area contributed by atoms with Gasteiger partial charge in [0.15, 0.2) is 0 Å². The molecule has 0 saturated carbocycles. The number of hydrogen-bond donors (Lipinski definition) is 1. The lowest BCUT2D eigenvalue weighted by molar-refractivity contribution is 0.0525. The summed E-state index contributed by atoms with van der Waals surface area (Å²) in [5, 5.41) is 3.80. The van der Waals surface area contributed by atoms with E-state index in [1.807, 2.05) is 0 Å². The molecule has 2 aromatic heterocycles. The Labute approximate surface area is 133 Å². The van der Waals surface area contributed by atoms with E-state index in [1.54, 1.807) is 32.9 Å². The number of furan rings is 1. The number of hydrazone groups is 1. The number of rotatable bonds is 5. The summed E-state index contributed by atoms with van der Waals surface area (Å²) in [5.74, 6) is -0.467. The third-order valence-corrected chi connectivity index (χ3v) is 3.04. The van der Waals surface area contributed by atoms with E-state index < -0.39 is 11.9 Å². The highest BCUT2D eigenvalue weighted by Crippen LogP contribution is 2.14. The van der Waals surface area contributed by atoms with Crippen molar-refractivity contribution in [2.24, 2.45) is 5.10 Å². The van der Waals surface area contributed by atoms with E-state index in [4.69, 9.17) is 9.15 Å². The Balaban J connectivity index is 2.19. The molecule has 0 aromatic carbocycles. The maximum absolute atomic E-state index is 12.2. The maximum Gasteiger partial charge on any atom is 0.339 e. The molecule has 0 aliphatic heterocycles. The molecular weight excluding hydrogens is 298 g/mol. The van der Waals surface area contributed by atoms with Crippen LogP contribution in [0.5, 0.6) is 0 Å². The van der Waals surface area contributed by atoms with Gasteiger partial charge in [-0.05, 0) is 39.0 Å². The number of carbonyl (C=O) groups is 2. The van der Waals surface area contributed by atoms with Crippen molar-refractivity contribution in [1.82, 2.24) is 10.4 Å². The van der Waals surface area contributed by atoms with Gasteiger partial charge in [0, 0.05) is 0 Å². The van der Waals surface area contributed by atoms with Crippen LogP contribution in [0, 0.1) is 13.8 Å². The summed E-state index contributed by atoms with van der Waals surface area (Å²) in [7, 11) is 0. The first-order chi connectivity index (χ1) is 11.0. The van der Waals surface area contributed by atoms with Crippen LogP contribution in [-0.4, -0.2) is 29.7 Å². The number of aromatic nitrogens is 1. The number of ether oxygens (including phenoxy) is 1. The van der Waals surface area contributed by atoms with Crippen molar-refractivity contribution in [2.75, 3.05) is 6.61 Å². The topological polar surface area (TPSA) is 93.8 Å². The fraction of sp³-hybridized carbons (Fsp3) is 0.250. The molecule has 120 valence electrons. The summed E-state index contributed by atoms with van der Waals surface area (Å²) in [5.41, 5.74) is 3.91. The Hall–Kier alpha value is -2.96. The standard InChI is InChI=1S/C16H17N3O4/c1-4-22-16(21)14-8-13(10(2)18-11(14)3)15(20)19-17-9-12-6-5-7-23-12/h5-9H,4H2,1-3H3,(H,19,20)/b17-9+. The number of pyridine rings is 1. The first-order valence-electron chi connectivity index (χ1n) is 7.05. The minimum Gasteiger partial charge on any atom is -0.463 e. The summed E-state index contributed by atoms with van der Waals surface area (Å²) in [6, 6.07) is 4.88. The average Bonchev–Trinajstić information content (AvgIpc) is 3.00. The molecule has 0 radical (unpaired) electrons. The molecule has 0 fully saturated rings. The first-order valence-corrected chi connectivity index (χ1v) is 7.05. The number of nitrogens with one attached hydrogen (secondary N) is 1. The molecule has 0 aliphatic carbocycles. The molecule has 2 aromatic rings. The normalized spacial score (nSPS) is 10.7. The predicted molar refractivity (Wildman–Crippen MR) is 83.4 cm³/mol. The Bertz CT molecular complexity index is 736. The van der Waals surface area contributed by atoms with Gasteiger partial charge in [-0.25, -0.2) is 10.2 Å². The van der Waals surface area contributed by atoms with Gasteiger partial charge in [-0.1, -0.05) is 0 Å². The van der Waals surface area contributed by atoms with Crippen molar-refractivity contribution >= 4 is 18.1 Å². The third-order valence-electron chi connectivity index (χ3n) is 3.04. The van der Waals surface area contributed by atoms with E-state index in [2.05, 4.69) is 15.5 Å². The summed E-state index contributed by atoms with van der Waals surface area (Å²) in [4.78, 5) is 28.3. The molecule has 0 spiro atoms. The zero-order valence-corrected chi connectivity index (χ0v) is 13.1. The number of aryl methyl sites for hydroxylation is 2. The minimum absolute atomic E-state index is 0.251. The molecule has 23 heavy (non-hydrogen) atoms. The van der Waals surface area contributed by atoms with Crippen LogP contribution in [0.4, 0.5) is 0 Å². The van der Waals surface area contributed by atoms with Crippen molar-refractivity contribution in [3.8, 4) is 0 Å². The number of esters is 1. The van der Waals surface area contributed by atoms with Crippen LogP contribution < -0.4 is 5.43 Å². The smallest absolute Gasteiger partial charge is 0.339 e. The van der Waals surface area contributed by atoms with Gasteiger partial charge in [0.25, 0.3) is 5.91 Å². The Kier molecular flexibility index (Phi) is 5.24. The number of amides is 1. The lowest BCUT2D eigenvalue weighted by Gasteiger charge is -2.09. The molecule has 2 heterocycles. The van der Waals surface area contributed by atoms with Crippen LogP contribution in [0.1, 0.15) is 44.8 Å². The largest absolute Gasteiger partial charge is 0.463 e. The van der Waals surface area contributed by atoms with Crippen LogP contribution >= 0.6 is 0 Å². The Morgan fingerprint density at radius 3 is 2.74 bits per heavy atom. The summed E-state index contributed by atoms with van der Waals surface area (Å²) in [6.45, 7) is 5.34. The summed E-state index contributed by atoms with van der Waals surface area (Å²) in [6.07, 6.45) is 2.88. The van der Waals surface area contributed by atoms with Gasteiger partial charge in [0.05, 0.1) is 41.6 Å². The van der Waals surface area contributed by atoms with E-state index in [0.717, 1.165) is 0 Å². The molecule has 7 nitrogen and oxygen atoms in total. The first kappa shape index (κ1) is 16.4. The lowest BCUT2D eigenvalue weighted by atomic mass is 10.1. The monoisotopic (exact) mass is 315 g/mol. The molecule has 1 amide bonds. The van der Waals surface area contributed by atoms with Gasteiger partial charge in [-0.2, -0.15) is 5.10 Å². The van der Waals surface area contributed by atoms with E-state index >= 15 is 0 Å². The highest BCUT2D eigenvalue weighted by molar-refractivity contribution is 5.99. The van der Waals surface area contributed by atoms with Crippen molar-refractivity contribution in [1.29, 1.82) is 0 Å². The second-order valence-corrected chi connectivity index (χ2v) is 4.69. The van der Waals surface area contributed by atoms with Crippen LogP contribution in [-0.2, 0) is 4.74 Å². The second kappa shape index (κ2) is 7.35. The molecule has 0 unspecified atom stereocenters. The quantitative estimate of drug-likeness (QED) is 0.519. The highest BCUT2D eigenvalue weighted by atomic mass is 16.5. The van der Waals surface area contributed by atoms with Gasteiger partial charge >= 0.3 is 5.97 Å². The lowest BCUT2D eigenvalue weighted by Crippen LogP contribution is -2.21. The zero-order valence-electron chi connectivity index (χ0n) is 13.1. The maximum atomic E-state index is 12.2. The average molecular weight is 315 g/mol. The third kappa shape index (κ3) is 4.03. The number of hydrogen-bond acceptors (Lipinski definition) is 6. The molecule has 0 aliphatic rings. The minimum atomic E-state index is -0.509. The number of carbonyl (C=O) groups excluding carboxylic acids is 2. The highest BCUT2D eigenvalue weighted by Gasteiger charge is 2.17. The fourth-order valence-electron chi connectivity index (χ4n) is 1.95. The molecule has 0 saturated heterocycles. The molecule has 0 atom stereocenters. The predicted octanol–water partition coefficient (Wildman–Crippen LogP) is 2.23. The van der Waals surface area contributed by atoms with Crippen molar-refractivity contribution in [3.05, 3.63) is 52.7 Å². The van der Waals surface area contributed by atoms with Gasteiger partial charge in [-0.3, -0.25) is 9.78 Å². The van der Waals surface area contributed by atoms with Crippen LogP contribution in [0.2, 0.25) is 0 Å². The Morgan fingerprint density at radius 2 is 2.09 bits per heavy atom. The zero-order chi connectivity index (χ0) is 16.8. The van der Waals surface area contributed by atoms with E-state index in [-0.39, 0.29) is 17.7 Å². The van der Waals surface area contributed by atoms with E-state index in [1.165, 1.54) is 18.5 Å². The van der Waals surface area contributed by atoms with Crippen molar-refractivity contribution in [3.63, 3.8) is 0 Å². The van der Waals surface area contributed by atoms with Gasteiger partial charge in [0.1, 0.15) is 5.76 Å². The molecule has 1 N–H and O–H groups in total. The van der Waals surface area contributed by atoms with Crippen LogP contribution in [0.25, 0.3) is 0 Å². The summed E-state index contributed by atoms with van der Waals surface area (Å²) < 4.78 is 10.0. The molecular formula is C16H17N3O4. The molecule has 7 heteroatoms. The van der Waals surface area contributed by atoms with E-state index in [0.29, 0.717) is 17.1 Å². The Morgan fingerprint density at radius 1 is 1.35 bits per heavy atom. The van der Waals surface area contributed by atoms with Gasteiger partial charge in [0.2, 0.25) is 0 Å². The van der Waals surface area contributed by atoms with Crippen LogP contribution in [0.15, 0.2) is 34.0 Å². The summed E-state index contributed by atoms with van der Waals surface area (Å²) >= 11 is 0.